The monoisotopic (exact) mass is 346 g/mol. The topological polar surface area (TPSA) is 60.7 Å². The van der Waals surface area contributed by atoms with Crippen molar-refractivity contribution in [3.63, 3.8) is 0 Å². The van der Waals surface area contributed by atoms with Crippen LogP contribution in [0.2, 0.25) is 5.02 Å². The van der Waals surface area contributed by atoms with Crippen molar-refractivity contribution in [2.75, 3.05) is 0 Å². The Morgan fingerprint density at radius 3 is 2.62 bits per heavy atom. The van der Waals surface area contributed by atoms with Crippen LogP contribution < -0.4 is 5.56 Å². The number of nitrogens with zero attached hydrogens (tertiary/aromatic N) is 4. The van der Waals surface area contributed by atoms with E-state index in [0.29, 0.717) is 17.1 Å². The fourth-order valence-electron chi connectivity index (χ4n) is 2.49. The summed E-state index contributed by atoms with van der Waals surface area (Å²) in [4.78, 5) is 24.8. The molecule has 2 aromatic heterocycles. The van der Waals surface area contributed by atoms with E-state index in [2.05, 4.69) is 21.9 Å². The molecule has 0 bridgehead atoms. The van der Waals surface area contributed by atoms with Gasteiger partial charge >= 0.3 is 0 Å². The van der Waals surface area contributed by atoms with Gasteiger partial charge in [0, 0.05) is 18.9 Å². The summed E-state index contributed by atoms with van der Waals surface area (Å²) in [5.41, 5.74) is 0.370. The molecule has 2 heterocycles. The molecule has 0 aliphatic heterocycles. The van der Waals surface area contributed by atoms with Gasteiger partial charge in [-0.3, -0.25) is 9.36 Å². The van der Waals surface area contributed by atoms with Crippen LogP contribution in [0.3, 0.4) is 0 Å². The lowest BCUT2D eigenvalue weighted by Crippen LogP contribution is -2.21. The second-order valence-corrected chi connectivity index (χ2v) is 5.96. The molecule has 5 nitrogen and oxygen atoms in total. The molecule has 24 heavy (non-hydrogen) atoms. The average Bonchev–Trinajstić information content (AvgIpc) is 2.58. The normalized spacial score (nSPS) is 11.1. The zero-order chi connectivity index (χ0) is 17.1. The Balaban J connectivity index is 2.04. The third kappa shape index (κ3) is 3.28. The molecule has 0 radical (unpaired) electrons. The van der Waals surface area contributed by atoms with Crippen molar-refractivity contribution in [2.45, 2.75) is 32.7 Å². The van der Waals surface area contributed by atoms with E-state index in [9.17, 15) is 9.18 Å². The Kier molecular flexibility index (Phi) is 4.85. The highest BCUT2D eigenvalue weighted by Gasteiger charge is 2.13. The number of benzene rings is 1. The van der Waals surface area contributed by atoms with E-state index >= 15 is 0 Å². The van der Waals surface area contributed by atoms with E-state index < -0.39 is 5.82 Å². The summed E-state index contributed by atoms with van der Waals surface area (Å²) in [6, 6.07) is 2.69. The Labute approximate surface area is 143 Å². The van der Waals surface area contributed by atoms with E-state index in [1.807, 2.05) is 0 Å². The smallest absolute Gasteiger partial charge is 0.261 e. The first-order valence-corrected chi connectivity index (χ1v) is 8.14. The van der Waals surface area contributed by atoms with Crippen molar-refractivity contribution < 1.29 is 4.39 Å². The van der Waals surface area contributed by atoms with Crippen LogP contribution in [0.5, 0.6) is 0 Å². The highest BCUT2D eigenvalue weighted by atomic mass is 35.5. The van der Waals surface area contributed by atoms with Crippen molar-refractivity contribution in [2.24, 2.45) is 0 Å². The lowest BCUT2D eigenvalue weighted by molar-refractivity contribution is 0.583. The molecule has 0 N–H and O–H groups in total. The molecule has 0 unspecified atom stereocenters. The molecule has 0 saturated carbocycles. The molecule has 3 rings (SSSR count). The summed E-state index contributed by atoms with van der Waals surface area (Å²) < 4.78 is 16.0. The molecular formula is C17H16ClFN4O. The highest BCUT2D eigenvalue weighted by Crippen LogP contribution is 2.23. The highest BCUT2D eigenvalue weighted by molar-refractivity contribution is 6.30. The largest absolute Gasteiger partial charge is 0.299 e. The second-order valence-electron chi connectivity index (χ2n) is 5.52. The van der Waals surface area contributed by atoms with Crippen molar-refractivity contribution in [3.05, 3.63) is 52.0 Å². The maximum atomic E-state index is 14.4. The summed E-state index contributed by atoms with van der Waals surface area (Å²) in [6.45, 7) is 2.68. The van der Waals surface area contributed by atoms with Crippen molar-refractivity contribution in [1.82, 2.24) is 19.5 Å². The molecule has 7 heteroatoms. The van der Waals surface area contributed by atoms with Gasteiger partial charge < -0.3 is 0 Å². The van der Waals surface area contributed by atoms with E-state index in [4.69, 9.17) is 11.6 Å². The Morgan fingerprint density at radius 2 is 1.92 bits per heavy atom. The first-order chi connectivity index (χ1) is 11.6. The summed E-state index contributed by atoms with van der Waals surface area (Å²) in [6.07, 6.45) is 7.29. The van der Waals surface area contributed by atoms with Crippen LogP contribution in [-0.2, 0) is 6.54 Å². The standard InChI is InChI=1S/C17H16ClFN4O/c1-2-3-4-5-23-10-22-15-7-12(14(19)6-13(15)17(23)24)16-20-8-11(18)9-21-16/h6-10H,2-5H2,1H3. The number of halogens is 2. The molecule has 0 aliphatic carbocycles. The predicted octanol–water partition coefficient (Wildman–Crippen LogP) is 3.84. The van der Waals surface area contributed by atoms with E-state index in [-0.39, 0.29) is 22.3 Å². The van der Waals surface area contributed by atoms with Crippen LogP contribution in [-0.4, -0.2) is 19.5 Å². The molecule has 0 aliphatic rings. The molecule has 124 valence electrons. The molecule has 3 aromatic rings. The summed E-state index contributed by atoms with van der Waals surface area (Å²) in [5, 5.41) is 0.622. The average molecular weight is 347 g/mol. The van der Waals surface area contributed by atoms with Gasteiger partial charge in [0.25, 0.3) is 5.56 Å². The maximum absolute atomic E-state index is 14.4. The fourth-order valence-corrected chi connectivity index (χ4v) is 2.59. The summed E-state index contributed by atoms with van der Waals surface area (Å²) in [7, 11) is 0. The maximum Gasteiger partial charge on any atom is 0.261 e. The first kappa shape index (κ1) is 16.5. The lowest BCUT2D eigenvalue weighted by Gasteiger charge is -2.08. The number of aromatic nitrogens is 4. The minimum Gasteiger partial charge on any atom is -0.299 e. The number of unbranched alkanes of at least 4 members (excludes halogenated alkanes) is 2. The first-order valence-electron chi connectivity index (χ1n) is 7.76. The minimum absolute atomic E-state index is 0.190. The molecule has 1 aromatic carbocycles. The fraction of sp³-hybridized carbons (Fsp3) is 0.294. The predicted molar refractivity (Wildman–Crippen MR) is 91.5 cm³/mol. The molecule has 0 spiro atoms. The molecule has 0 fully saturated rings. The number of hydrogen-bond donors (Lipinski definition) is 0. The second kappa shape index (κ2) is 7.05. The van der Waals surface area contributed by atoms with Gasteiger partial charge in [-0.15, -0.1) is 0 Å². The van der Waals surface area contributed by atoms with E-state index in [1.165, 1.54) is 35.4 Å². The van der Waals surface area contributed by atoms with Crippen LogP contribution in [0.1, 0.15) is 26.2 Å². The number of aryl methyl sites for hydroxylation is 1. The Bertz CT molecular complexity index is 924. The summed E-state index contributed by atoms with van der Waals surface area (Å²) >= 11 is 5.75. The van der Waals surface area contributed by atoms with Gasteiger partial charge in [0.1, 0.15) is 5.82 Å². The zero-order valence-corrected chi connectivity index (χ0v) is 13.9. The zero-order valence-electron chi connectivity index (χ0n) is 13.2. The molecular weight excluding hydrogens is 331 g/mol. The number of rotatable bonds is 5. The quantitative estimate of drug-likeness (QED) is 0.659. The van der Waals surface area contributed by atoms with Gasteiger partial charge in [0.15, 0.2) is 5.82 Å². The number of hydrogen-bond acceptors (Lipinski definition) is 4. The van der Waals surface area contributed by atoms with Crippen LogP contribution in [0, 0.1) is 5.82 Å². The Morgan fingerprint density at radius 1 is 1.17 bits per heavy atom. The van der Waals surface area contributed by atoms with E-state index in [1.54, 1.807) is 0 Å². The van der Waals surface area contributed by atoms with Gasteiger partial charge in [0.05, 0.1) is 27.8 Å². The third-order valence-electron chi connectivity index (χ3n) is 3.78. The van der Waals surface area contributed by atoms with Crippen LogP contribution >= 0.6 is 11.6 Å². The molecule has 0 saturated heterocycles. The van der Waals surface area contributed by atoms with Gasteiger partial charge in [0.2, 0.25) is 0 Å². The van der Waals surface area contributed by atoms with Crippen molar-refractivity contribution in [3.8, 4) is 11.4 Å². The molecule has 0 atom stereocenters. The van der Waals surface area contributed by atoms with Gasteiger partial charge in [-0.1, -0.05) is 31.4 Å². The lowest BCUT2D eigenvalue weighted by atomic mass is 10.1. The van der Waals surface area contributed by atoms with Gasteiger partial charge in [-0.05, 0) is 18.6 Å². The molecule has 0 amide bonds. The Hall–Kier alpha value is -2.34. The van der Waals surface area contributed by atoms with E-state index in [0.717, 1.165) is 19.3 Å². The van der Waals surface area contributed by atoms with Crippen LogP contribution in [0.4, 0.5) is 4.39 Å². The van der Waals surface area contributed by atoms with Crippen molar-refractivity contribution >= 4 is 22.5 Å². The summed E-state index contributed by atoms with van der Waals surface area (Å²) in [5.74, 6) is -0.359. The van der Waals surface area contributed by atoms with Gasteiger partial charge in [-0.25, -0.2) is 19.3 Å². The van der Waals surface area contributed by atoms with Crippen LogP contribution in [0.25, 0.3) is 22.3 Å². The third-order valence-corrected chi connectivity index (χ3v) is 3.97. The van der Waals surface area contributed by atoms with Crippen molar-refractivity contribution in [1.29, 1.82) is 0 Å². The number of fused-ring (bicyclic) bond motifs is 1. The van der Waals surface area contributed by atoms with Crippen LogP contribution in [0.15, 0.2) is 35.6 Å². The SMILES string of the molecule is CCCCCn1cnc2cc(-c3ncc(Cl)cn3)c(F)cc2c1=O. The minimum atomic E-state index is -0.560. The van der Waals surface area contributed by atoms with Gasteiger partial charge in [-0.2, -0.15) is 0 Å².